The fourth-order valence-corrected chi connectivity index (χ4v) is 6.21. The minimum absolute atomic E-state index is 0.0988. The van der Waals surface area contributed by atoms with E-state index in [9.17, 15) is 17.6 Å². The lowest BCUT2D eigenvalue weighted by molar-refractivity contribution is 0.147. The Morgan fingerprint density at radius 3 is 2.41 bits per heavy atom. The number of hydrogen-bond acceptors (Lipinski definition) is 5. The first-order valence-electron chi connectivity index (χ1n) is 10.4. The molecule has 4 rings (SSSR count). The molecule has 2 fully saturated rings. The fourth-order valence-electron chi connectivity index (χ4n) is 4.62. The van der Waals surface area contributed by atoms with Crippen molar-refractivity contribution in [3.05, 3.63) is 40.2 Å². The second kappa shape index (κ2) is 8.14. The van der Waals surface area contributed by atoms with E-state index in [1.807, 2.05) is 0 Å². The van der Waals surface area contributed by atoms with Crippen molar-refractivity contribution < 1.29 is 12.8 Å². The average Bonchev–Trinajstić information content (AvgIpc) is 2.68. The Bertz CT molecular complexity index is 1040. The van der Waals surface area contributed by atoms with E-state index in [1.54, 1.807) is 11.5 Å². The Kier molecular flexibility index (Phi) is 5.75. The molecule has 29 heavy (non-hydrogen) atoms. The Labute approximate surface area is 170 Å². The topological polar surface area (TPSA) is 72.3 Å². The number of aromatic nitrogens is 2. The molecule has 2 aliphatic rings. The third-order valence-corrected chi connectivity index (χ3v) is 8.16. The lowest BCUT2D eigenvalue weighted by Crippen LogP contribution is -2.40. The van der Waals surface area contributed by atoms with Crippen molar-refractivity contribution >= 4 is 20.7 Å². The van der Waals surface area contributed by atoms with Crippen molar-refractivity contribution in [3.8, 4) is 0 Å². The highest BCUT2D eigenvalue weighted by molar-refractivity contribution is 7.91. The molecule has 2 aliphatic heterocycles. The molecule has 0 N–H and O–H groups in total. The van der Waals surface area contributed by atoms with Gasteiger partial charge in [-0.1, -0.05) is 0 Å². The molecule has 158 valence electrons. The summed E-state index contributed by atoms with van der Waals surface area (Å²) >= 11 is 0. The maximum atomic E-state index is 13.4. The molecular weight excluding hydrogens is 393 g/mol. The number of likely N-dealkylation sites (tertiary alicyclic amines) is 1. The zero-order chi connectivity index (χ0) is 20.6. The normalized spacial score (nSPS) is 21.6. The third kappa shape index (κ3) is 4.69. The van der Waals surface area contributed by atoms with Crippen LogP contribution in [0, 0.1) is 24.6 Å². The van der Waals surface area contributed by atoms with Crippen molar-refractivity contribution in [2.24, 2.45) is 11.8 Å². The number of sulfone groups is 1. The van der Waals surface area contributed by atoms with E-state index in [1.165, 1.54) is 18.2 Å². The zero-order valence-electron chi connectivity index (χ0n) is 16.8. The maximum Gasteiger partial charge on any atom is 0.261 e. The number of nitrogens with zero attached hydrogens (tertiary/aromatic N) is 3. The minimum Gasteiger partial charge on any atom is -0.303 e. The number of aryl methyl sites for hydroxylation is 1. The summed E-state index contributed by atoms with van der Waals surface area (Å²) in [6.45, 7) is 5.38. The quantitative estimate of drug-likeness (QED) is 0.758. The van der Waals surface area contributed by atoms with Gasteiger partial charge in [-0.25, -0.2) is 17.8 Å². The molecule has 0 unspecified atom stereocenters. The first kappa shape index (κ1) is 20.5. The Morgan fingerprint density at radius 1 is 1.07 bits per heavy atom. The summed E-state index contributed by atoms with van der Waals surface area (Å²) in [7, 11) is -2.80. The van der Waals surface area contributed by atoms with Gasteiger partial charge >= 0.3 is 0 Å². The van der Waals surface area contributed by atoms with Crippen molar-refractivity contribution in [3.63, 3.8) is 0 Å². The second-order valence-electron chi connectivity index (χ2n) is 8.58. The summed E-state index contributed by atoms with van der Waals surface area (Å²) in [5, 5.41) is 0.460. The summed E-state index contributed by atoms with van der Waals surface area (Å²) in [6, 6.07) is 4.13. The summed E-state index contributed by atoms with van der Waals surface area (Å²) in [5.74, 6) is 1.78. The van der Waals surface area contributed by atoms with Crippen LogP contribution in [-0.4, -0.2) is 54.0 Å². The van der Waals surface area contributed by atoms with E-state index in [-0.39, 0.29) is 11.4 Å². The minimum atomic E-state index is -2.80. The molecule has 0 spiro atoms. The average molecular weight is 422 g/mol. The number of benzene rings is 1. The second-order valence-corrected chi connectivity index (χ2v) is 10.9. The van der Waals surface area contributed by atoms with Gasteiger partial charge in [0.2, 0.25) is 0 Å². The van der Waals surface area contributed by atoms with E-state index >= 15 is 0 Å². The molecule has 1 aromatic carbocycles. The van der Waals surface area contributed by atoms with E-state index in [0.717, 1.165) is 45.3 Å². The summed E-state index contributed by atoms with van der Waals surface area (Å²) in [6.07, 6.45) is 3.58. The van der Waals surface area contributed by atoms with Crippen LogP contribution in [0.2, 0.25) is 0 Å². The molecule has 3 heterocycles. The van der Waals surface area contributed by atoms with Crippen LogP contribution in [0.3, 0.4) is 0 Å². The fraction of sp³-hybridized carbons (Fsp3) is 0.619. The van der Waals surface area contributed by atoms with Crippen LogP contribution in [-0.2, 0) is 16.4 Å². The van der Waals surface area contributed by atoms with Crippen molar-refractivity contribution in [2.75, 3.05) is 31.1 Å². The monoisotopic (exact) mass is 421 g/mol. The SMILES string of the molecule is Cc1nc2cc(F)ccc2c(=O)n1CC1CCN(CC2CCS(=O)(=O)CC2)CC1. The van der Waals surface area contributed by atoms with Gasteiger partial charge in [0, 0.05) is 19.2 Å². The van der Waals surface area contributed by atoms with Crippen molar-refractivity contribution in [2.45, 2.75) is 39.2 Å². The highest BCUT2D eigenvalue weighted by atomic mass is 32.2. The largest absolute Gasteiger partial charge is 0.303 e. The van der Waals surface area contributed by atoms with E-state index in [4.69, 9.17) is 0 Å². The molecule has 0 atom stereocenters. The van der Waals surface area contributed by atoms with Crippen LogP contribution in [0.25, 0.3) is 10.9 Å². The Balaban J connectivity index is 1.36. The third-order valence-electron chi connectivity index (χ3n) is 6.45. The van der Waals surface area contributed by atoms with Gasteiger partial charge in [-0.05, 0) is 69.7 Å². The predicted molar refractivity (Wildman–Crippen MR) is 111 cm³/mol. The molecule has 1 aromatic heterocycles. The van der Waals surface area contributed by atoms with Crippen LogP contribution in [0.15, 0.2) is 23.0 Å². The van der Waals surface area contributed by atoms with Crippen LogP contribution in [0.1, 0.15) is 31.5 Å². The van der Waals surface area contributed by atoms with Gasteiger partial charge in [-0.2, -0.15) is 0 Å². The number of halogens is 1. The lowest BCUT2D eigenvalue weighted by Gasteiger charge is -2.35. The van der Waals surface area contributed by atoms with Gasteiger partial charge in [-0.15, -0.1) is 0 Å². The number of piperidine rings is 1. The molecule has 6 nitrogen and oxygen atoms in total. The zero-order valence-corrected chi connectivity index (χ0v) is 17.6. The van der Waals surface area contributed by atoms with Crippen LogP contribution in [0.5, 0.6) is 0 Å². The molecule has 2 saturated heterocycles. The van der Waals surface area contributed by atoms with Crippen LogP contribution in [0.4, 0.5) is 4.39 Å². The molecule has 0 amide bonds. The Morgan fingerprint density at radius 2 is 1.72 bits per heavy atom. The lowest BCUT2D eigenvalue weighted by atomic mass is 9.94. The first-order valence-corrected chi connectivity index (χ1v) is 12.2. The van der Waals surface area contributed by atoms with Crippen molar-refractivity contribution in [1.82, 2.24) is 14.5 Å². The highest BCUT2D eigenvalue weighted by Crippen LogP contribution is 2.24. The van der Waals surface area contributed by atoms with E-state index in [0.29, 0.717) is 46.6 Å². The maximum absolute atomic E-state index is 13.4. The van der Waals surface area contributed by atoms with E-state index in [2.05, 4.69) is 9.88 Å². The molecule has 0 saturated carbocycles. The summed E-state index contributed by atoms with van der Waals surface area (Å²) < 4.78 is 38.3. The summed E-state index contributed by atoms with van der Waals surface area (Å²) in [4.78, 5) is 19.7. The van der Waals surface area contributed by atoms with Gasteiger partial charge in [0.05, 0.1) is 22.4 Å². The van der Waals surface area contributed by atoms with Gasteiger partial charge < -0.3 is 4.90 Å². The highest BCUT2D eigenvalue weighted by Gasteiger charge is 2.27. The number of rotatable bonds is 4. The van der Waals surface area contributed by atoms with Gasteiger partial charge in [-0.3, -0.25) is 9.36 Å². The summed E-state index contributed by atoms with van der Waals surface area (Å²) in [5.41, 5.74) is 0.311. The number of hydrogen-bond donors (Lipinski definition) is 0. The van der Waals surface area contributed by atoms with Crippen LogP contribution < -0.4 is 5.56 Å². The van der Waals surface area contributed by atoms with Gasteiger partial charge in [0.15, 0.2) is 0 Å². The molecule has 8 heteroatoms. The molecule has 0 bridgehead atoms. The number of fused-ring (bicyclic) bond motifs is 1. The Hall–Kier alpha value is -1.80. The molecule has 0 aliphatic carbocycles. The van der Waals surface area contributed by atoms with Crippen LogP contribution >= 0.6 is 0 Å². The molecule has 2 aromatic rings. The van der Waals surface area contributed by atoms with Gasteiger partial charge in [0.1, 0.15) is 21.5 Å². The van der Waals surface area contributed by atoms with Crippen molar-refractivity contribution in [1.29, 1.82) is 0 Å². The predicted octanol–water partition coefficient (Wildman–Crippen LogP) is 2.38. The molecular formula is C21H28FN3O3S. The van der Waals surface area contributed by atoms with Gasteiger partial charge in [0.25, 0.3) is 5.56 Å². The van der Waals surface area contributed by atoms with E-state index < -0.39 is 9.84 Å². The molecule has 0 radical (unpaired) electrons. The smallest absolute Gasteiger partial charge is 0.261 e. The standard InChI is InChI=1S/C21H28FN3O3S/c1-15-23-20-12-18(22)2-3-19(20)21(26)25(15)14-16-4-8-24(9-5-16)13-17-6-10-29(27,28)11-7-17/h2-3,12,16-17H,4-11,13-14H2,1H3. The first-order chi connectivity index (χ1) is 13.8.